The van der Waals surface area contributed by atoms with Crippen molar-refractivity contribution in [3.8, 4) is 0 Å². The van der Waals surface area contributed by atoms with Crippen LogP contribution in [0.2, 0.25) is 0 Å². The van der Waals surface area contributed by atoms with Gasteiger partial charge in [0.05, 0.1) is 0 Å². The molecule has 0 fully saturated rings. The SMILES string of the molecule is O=C(O[C@@H](C(=O)Nc1ccc(F)cc1)c1ccccc1)c1cc2c(s1)CCC2. The molecule has 6 heteroatoms. The molecule has 3 aromatic rings. The number of nitrogens with one attached hydrogen (secondary N) is 1. The molecule has 2 aromatic carbocycles. The van der Waals surface area contributed by atoms with Crippen LogP contribution in [0.1, 0.15) is 38.2 Å². The Morgan fingerprint density at radius 1 is 1.04 bits per heavy atom. The van der Waals surface area contributed by atoms with Crippen molar-refractivity contribution in [3.63, 3.8) is 0 Å². The third-order valence-corrected chi connectivity index (χ3v) is 5.84. The molecular weight excluding hydrogens is 377 g/mol. The first kappa shape index (κ1) is 18.4. The van der Waals surface area contributed by atoms with Crippen molar-refractivity contribution >= 4 is 28.9 Å². The van der Waals surface area contributed by atoms with Crippen LogP contribution in [0.3, 0.4) is 0 Å². The number of halogens is 1. The second-order valence-electron chi connectivity index (χ2n) is 6.60. The number of carbonyl (C=O) groups is 2. The summed E-state index contributed by atoms with van der Waals surface area (Å²) in [4.78, 5) is 27.3. The predicted molar refractivity (Wildman–Crippen MR) is 106 cm³/mol. The molecule has 0 bridgehead atoms. The molecule has 0 radical (unpaired) electrons. The van der Waals surface area contributed by atoms with Crippen LogP contribution in [0.4, 0.5) is 10.1 Å². The van der Waals surface area contributed by atoms with Gasteiger partial charge in [0.25, 0.3) is 5.91 Å². The number of amides is 1. The number of thiophene rings is 1. The smallest absolute Gasteiger partial charge is 0.349 e. The molecule has 4 nitrogen and oxygen atoms in total. The third-order valence-electron chi connectivity index (χ3n) is 4.62. The molecule has 142 valence electrons. The number of esters is 1. The maximum absolute atomic E-state index is 13.1. The van der Waals surface area contributed by atoms with E-state index in [1.807, 2.05) is 12.1 Å². The number of anilines is 1. The average Bonchev–Trinajstić information content (AvgIpc) is 3.30. The molecule has 0 saturated carbocycles. The highest BCUT2D eigenvalue weighted by Gasteiger charge is 2.27. The molecule has 1 atom stereocenters. The lowest BCUT2D eigenvalue weighted by Gasteiger charge is -2.18. The molecule has 1 amide bonds. The maximum atomic E-state index is 13.1. The summed E-state index contributed by atoms with van der Waals surface area (Å²) in [6.45, 7) is 0. The van der Waals surface area contributed by atoms with Gasteiger partial charge in [-0.1, -0.05) is 30.3 Å². The molecule has 1 heterocycles. The highest BCUT2D eigenvalue weighted by Crippen LogP contribution is 2.32. The van der Waals surface area contributed by atoms with E-state index in [2.05, 4.69) is 5.32 Å². The quantitative estimate of drug-likeness (QED) is 0.625. The number of ether oxygens (including phenoxy) is 1. The average molecular weight is 395 g/mol. The van der Waals surface area contributed by atoms with Crippen molar-refractivity contribution in [2.75, 3.05) is 5.32 Å². The number of fused-ring (bicyclic) bond motifs is 1. The summed E-state index contributed by atoms with van der Waals surface area (Å²) in [6, 6.07) is 16.1. The van der Waals surface area contributed by atoms with E-state index >= 15 is 0 Å². The van der Waals surface area contributed by atoms with E-state index in [0.29, 0.717) is 16.1 Å². The standard InChI is InChI=1S/C22H18FNO3S/c23-16-9-11-17(12-10-16)24-21(25)20(14-5-2-1-3-6-14)27-22(26)19-13-15-7-4-8-18(15)28-19/h1-3,5-6,9-13,20H,4,7-8H2,(H,24,25)/t20-/m1/s1. The number of carbonyl (C=O) groups excluding carboxylic acids is 2. The van der Waals surface area contributed by atoms with Crippen LogP contribution in [-0.2, 0) is 22.4 Å². The Balaban J connectivity index is 1.55. The van der Waals surface area contributed by atoms with Gasteiger partial charge in [-0.25, -0.2) is 9.18 Å². The lowest BCUT2D eigenvalue weighted by molar-refractivity contribution is -0.125. The first-order chi connectivity index (χ1) is 13.6. The number of hydrogen-bond acceptors (Lipinski definition) is 4. The van der Waals surface area contributed by atoms with E-state index in [0.717, 1.165) is 19.3 Å². The van der Waals surface area contributed by atoms with Gasteiger partial charge in [-0.05, 0) is 55.2 Å². The summed E-state index contributed by atoms with van der Waals surface area (Å²) in [6.07, 6.45) is 1.98. The molecule has 0 saturated heterocycles. The van der Waals surface area contributed by atoms with Crippen LogP contribution in [0.15, 0.2) is 60.7 Å². The van der Waals surface area contributed by atoms with Gasteiger partial charge in [0.1, 0.15) is 10.7 Å². The fraction of sp³-hybridized carbons (Fsp3) is 0.182. The normalized spacial score (nSPS) is 13.6. The minimum atomic E-state index is -1.10. The minimum absolute atomic E-state index is 0.394. The molecule has 1 aliphatic carbocycles. The van der Waals surface area contributed by atoms with Crippen molar-refractivity contribution in [2.24, 2.45) is 0 Å². The summed E-state index contributed by atoms with van der Waals surface area (Å²) < 4.78 is 18.7. The second kappa shape index (κ2) is 7.94. The van der Waals surface area contributed by atoms with Gasteiger partial charge < -0.3 is 10.1 Å². The minimum Gasteiger partial charge on any atom is -0.443 e. The molecule has 1 N–H and O–H groups in total. The van der Waals surface area contributed by atoms with Crippen LogP contribution in [0, 0.1) is 5.82 Å². The fourth-order valence-corrected chi connectivity index (χ4v) is 4.37. The predicted octanol–water partition coefficient (Wildman–Crippen LogP) is 4.91. The lowest BCUT2D eigenvalue weighted by Crippen LogP contribution is -2.25. The van der Waals surface area contributed by atoms with Gasteiger partial charge in [0.15, 0.2) is 0 Å². The molecule has 4 rings (SSSR count). The van der Waals surface area contributed by atoms with Crippen molar-refractivity contribution in [1.29, 1.82) is 0 Å². The molecule has 0 spiro atoms. The summed E-state index contributed by atoms with van der Waals surface area (Å²) in [5.41, 5.74) is 2.20. The van der Waals surface area contributed by atoms with Gasteiger partial charge in [-0.3, -0.25) is 4.79 Å². The van der Waals surface area contributed by atoms with Gasteiger partial charge in [-0.2, -0.15) is 0 Å². The Morgan fingerprint density at radius 3 is 2.50 bits per heavy atom. The zero-order chi connectivity index (χ0) is 19.5. The molecule has 0 aliphatic heterocycles. The number of rotatable bonds is 5. The van der Waals surface area contributed by atoms with Gasteiger partial charge >= 0.3 is 5.97 Å². The van der Waals surface area contributed by atoms with E-state index in [1.54, 1.807) is 24.3 Å². The Bertz CT molecular complexity index is 977. The van der Waals surface area contributed by atoms with Crippen LogP contribution >= 0.6 is 11.3 Å². The Labute approximate surface area is 166 Å². The fourth-order valence-electron chi connectivity index (χ4n) is 3.24. The summed E-state index contributed by atoms with van der Waals surface area (Å²) in [5, 5.41) is 2.68. The van der Waals surface area contributed by atoms with Crippen LogP contribution in [0.5, 0.6) is 0 Å². The van der Waals surface area contributed by atoms with Crippen molar-refractivity contribution in [3.05, 3.63) is 87.4 Å². The van der Waals surface area contributed by atoms with Gasteiger partial charge in [-0.15, -0.1) is 11.3 Å². The summed E-state index contributed by atoms with van der Waals surface area (Å²) in [7, 11) is 0. The van der Waals surface area contributed by atoms with Crippen molar-refractivity contribution < 1.29 is 18.7 Å². The van der Waals surface area contributed by atoms with Crippen LogP contribution < -0.4 is 5.32 Å². The maximum Gasteiger partial charge on any atom is 0.349 e. The summed E-state index contributed by atoms with van der Waals surface area (Å²) >= 11 is 1.44. The van der Waals surface area contributed by atoms with Gasteiger partial charge in [0, 0.05) is 16.1 Å². The zero-order valence-corrected chi connectivity index (χ0v) is 15.8. The number of aryl methyl sites for hydroxylation is 2. The number of hydrogen-bond donors (Lipinski definition) is 1. The molecule has 1 aliphatic rings. The topological polar surface area (TPSA) is 55.4 Å². The lowest BCUT2D eigenvalue weighted by atomic mass is 10.1. The molecular formula is C22H18FNO3S. The highest BCUT2D eigenvalue weighted by molar-refractivity contribution is 7.14. The van der Waals surface area contributed by atoms with Crippen LogP contribution in [0.25, 0.3) is 0 Å². The van der Waals surface area contributed by atoms with E-state index in [4.69, 9.17) is 4.74 Å². The van der Waals surface area contributed by atoms with Crippen LogP contribution in [-0.4, -0.2) is 11.9 Å². The largest absolute Gasteiger partial charge is 0.443 e. The van der Waals surface area contributed by atoms with E-state index in [9.17, 15) is 14.0 Å². The highest BCUT2D eigenvalue weighted by atomic mass is 32.1. The van der Waals surface area contributed by atoms with Crippen molar-refractivity contribution in [2.45, 2.75) is 25.4 Å². The first-order valence-corrected chi connectivity index (χ1v) is 9.86. The van der Waals surface area contributed by atoms with Crippen molar-refractivity contribution in [1.82, 2.24) is 0 Å². The van der Waals surface area contributed by atoms with E-state index in [-0.39, 0.29) is 0 Å². The molecule has 1 aromatic heterocycles. The Hall–Kier alpha value is -2.99. The third kappa shape index (κ3) is 3.97. The van der Waals surface area contributed by atoms with Gasteiger partial charge in [0.2, 0.25) is 6.10 Å². The van der Waals surface area contributed by atoms with E-state index in [1.165, 1.54) is 46.0 Å². The monoisotopic (exact) mass is 395 g/mol. The Kier molecular flexibility index (Phi) is 5.21. The van der Waals surface area contributed by atoms with E-state index < -0.39 is 23.8 Å². The molecule has 28 heavy (non-hydrogen) atoms. The molecule has 0 unspecified atom stereocenters. The second-order valence-corrected chi connectivity index (χ2v) is 7.74. The number of benzene rings is 2. The summed E-state index contributed by atoms with van der Waals surface area (Å²) in [5.74, 6) is -1.40. The Morgan fingerprint density at radius 2 is 1.79 bits per heavy atom. The zero-order valence-electron chi connectivity index (χ0n) is 15.0. The first-order valence-electron chi connectivity index (χ1n) is 9.04.